The summed E-state index contributed by atoms with van der Waals surface area (Å²) < 4.78 is 10.4. The van der Waals surface area contributed by atoms with Crippen LogP contribution in [0.5, 0.6) is 11.5 Å². The van der Waals surface area contributed by atoms with Gasteiger partial charge in [0.1, 0.15) is 0 Å². The molecule has 5 heteroatoms. The van der Waals surface area contributed by atoms with Crippen molar-refractivity contribution in [3.63, 3.8) is 0 Å². The van der Waals surface area contributed by atoms with Crippen molar-refractivity contribution in [2.75, 3.05) is 32.3 Å². The smallest absolute Gasteiger partial charge is 0.230 e. The van der Waals surface area contributed by atoms with Crippen molar-refractivity contribution in [2.24, 2.45) is 0 Å². The number of rotatable bonds is 9. The van der Waals surface area contributed by atoms with Gasteiger partial charge >= 0.3 is 0 Å². The summed E-state index contributed by atoms with van der Waals surface area (Å²) in [5.41, 5.74) is 1.10. The van der Waals surface area contributed by atoms with Gasteiger partial charge in [0.25, 0.3) is 0 Å². The maximum atomic E-state index is 11.5. The van der Waals surface area contributed by atoms with Gasteiger partial charge in [-0.2, -0.15) is 0 Å². The van der Waals surface area contributed by atoms with Crippen molar-refractivity contribution >= 4 is 17.7 Å². The number of carbonyl (C=O) groups excluding carboxylic acids is 1. The molecule has 0 radical (unpaired) electrons. The molecule has 0 heterocycles. The summed E-state index contributed by atoms with van der Waals surface area (Å²) in [6.07, 6.45) is 2.56. The first-order chi connectivity index (χ1) is 9.71. The lowest BCUT2D eigenvalue weighted by molar-refractivity contribution is -0.118. The van der Waals surface area contributed by atoms with Gasteiger partial charge in [0.05, 0.1) is 20.0 Å². The van der Waals surface area contributed by atoms with E-state index in [9.17, 15) is 4.79 Å². The second-order valence-corrected chi connectivity index (χ2v) is 5.12. The number of nitrogens with one attached hydrogen (secondary N) is 1. The van der Waals surface area contributed by atoms with Crippen LogP contribution in [0.2, 0.25) is 0 Å². The van der Waals surface area contributed by atoms with E-state index in [0.717, 1.165) is 17.7 Å². The first-order valence-electron chi connectivity index (χ1n) is 6.37. The number of amides is 1. The highest BCUT2D eigenvalue weighted by Crippen LogP contribution is 2.27. The number of carbonyl (C=O) groups is 1. The van der Waals surface area contributed by atoms with E-state index in [1.807, 2.05) is 18.2 Å². The molecule has 110 valence electrons. The van der Waals surface area contributed by atoms with Gasteiger partial charge < -0.3 is 14.8 Å². The number of hydrogen-bond donors (Lipinski definition) is 1. The number of benzene rings is 1. The molecule has 0 fully saturated rings. The molecular weight excluding hydrogens is 274 g/mol. The Balaban J connectivity index is 2.38. The molecule has 1 rings (SSSR count). The molecule has 1 aromatic rings. The van der Waals surface area contributed by atoms with E-state index < -0.39 is 0 Å². The predicted molar refractivity (Wildman–Crippen MR) is 83.8 cm³/mol. The third-order valence-electron chi connectivity index (χ3n) is 2.65. The zero-order chi connectivity index (χ0) is 14.8. The lowest BCUT2D eigenvalue weighted by Crippen LogP contribution is -2.27. The van der Waals surface area contributed by atoms with Crippen LogP contribution in [-0.2, 0) is 11.2 Å². The number of thioether (sulfide) groups is 1. The Morgan fingerprint density at radius 2 is 2.10 bits per heavy atom. The molecule has 0 spiro atoms. The summed E-state index contributed by atoms with van der Waals surface area (Å²) in [6, 6.07) is 5.77. The van der Waals surface area contributed by atoms with Crippen molar-refractivity contribution in [1.29, 1.82) is 0 Å². The standard InChI is InChI=1S/C15H21NO3S/c1-4-9-20-11-15(17)16-8-7-12-5-6-13(18-2)14(10-12)19-3/h4-6,10H,1,7-9,11H2,2-3H3,(H,16,17). The van der Waals surface area contributed by atoms with Crippen LogP contribution in [0.25, 0.3) is 0 Å². The average Bonchev–Trinajstić information content (AvgIpc) is 2.47. The molecule has 20 heavy (non-hydrogen) atoms. The van der Waals surface area contributed by atoms with Crippen molar-refractivity contribution < 1.29 is 14.3 Å². The van der Waals surface area contributed by atoms with Crippen LogP contribution in [-0.4, -0.2) is 38.2 Å². The van der Waals surface area contributed by atoms with Crippen LogP contribution in [0.1, 0.15) is 5.56 Å². The predicted octanol–water partition coefficient (Wildman–Crippen LogP) is 2.28. The molecular formula is C15H21NO3S. The molecule has 4 nitrogen and oxygen atoms in total. The summed E-state index contributed by atoms with van der Waals surface area (Å²) in [4.78, 5) is 11.5. The molecule has 0 saturated carbocycles. The highest BCUT2D eigenvalue weighted by atomic mass is 32.2. The Morgan fingerprint density at radius 3 is 2.75 bits per heavy atom. The number of hydrogen-bond acceptors (Lipinski definition) is 4. The molecule has 1 aromatic carbocycles. The van der Waals surface area contributed by atoms with Crippen molar-refractivity contribution in [3.8, 4) is 11.5 Å². The van der Waals surface area contributed by atoms with Crippen LogP contribution < -0.4 is 14.8 Å². The van der Waals surface area contributed by atoms with Crippen LogP contribution >= 0.6 is 11.8 Å². The minimum absolute atomic E-state index is 0.0531. The maximum absolute atomic E-state index is 11.5. The second-order valence-electron chi connectivity index (χ2n) is 4.09. The van der Waals surface area contributed by atoms with E-state index in [2.05, 4.69) is 11.9 Å². The van der Waals surface area contributed by atoms with Gasteiger partial charge in [-0.15, -0.1) is 18.3 Å². The second kappa shape index (κ2) is 9.31. The van der Waals surface area contributed by atoms with Crippen LogP contribution in [0.4, 0.5) is 0 Å². The van der Waals surface area contributed by atoms with Crippen LogP contribution in [0.15, 0.2) is 30.9 Å². The van der Waals surface area contributed by atoms with E-state index in [1.54, 1.807) is 32.1 Å². The lowest BCUT2D eigenvalue weighted by Gasteiger charge is -2.10. The van der Waals surface area contributed by atoms with Gasteiger partial charge in [-0.05, 0) is 24.1 Å². The quantitative estimate of drug-likeness (QED) is 0.561. The van der Waals surface area contributed by atoms with Gasteiger partial charge in [-0.1, -0.05) is 12.1 Å². The number of methoxy groups -OCH3 is 2. The summed E-state index contributed by atoms with van der Waals surface area (Å²) in [5, 5.41) is 2.89. The summed E-state index contributed by atoms with van der Waals surface area (Å²) in [5.74, 6) is 2.73. The molecule has 0 atom stereocenters. The van der Waals surface area contributed by atoms with Crippen LogP contribution in [0, 0.1) is 0 Å². The molecule has 1 amide bonds. The normalized spacial score (nSPS) is 9.90. The number of ether oxygens (including phenoxy) is 2. The third-order valence-corrected chi connectivity index (χ3v) is 3.59. The Labute approximate surface area is 124 Å². The zero-order valence-corrected chi connectivity index (χ0v) is 12.8. The molecule has 0 aliphatic heterocycles. The Hall–Kier alpha value is -1.62. The minimum Gasteiger partial charge on any atom is -0.493 e. The Bertz CT molecular complexity index is 449. The fourth-order valence-corrected chi connectivity index (χ4v) is 2.24. The van der Waals surface area contributed by atoms with E-state index in [-0.39, 0.29) is 5.91 Å². The monoisotopic (exact) mass is 295 g/mol. The summed E-state index contributed by atoms with van der Waals surface area (Å²) in [6.45, 7) is 4.23. The fraction of sp³-hybridized carbons (Fsp3) is 0.400. The van der Waals surface area contributed by atoms with Crippen molar-refractivity contribution in [1.82, 2.24) is 5.32 Å². The van der Waals surface area contributed by atoms with E-state index in [4.69, 9.17) is 9.47 Å². The minimum atomic E-state index is 0.0531. The van der Waals surface area contributed by atoms with Crippen molar-refractivity contribution in [3.05, 3.63) is 36.4 Å². The molecule has 0 unspecified atom stereocenters. The van der Waals surface area contributed by atoms with Gasteiger partial charge in [0.2, 0.25) is 5.91 Å². The summed E-state index contributed by atoms with van der Waals surface area (Å²) >= 11 is 1.55. The molecule has 1 N–H and O–H groups in total. The Morgan fingerprint density at radius 1 is 1.35 bits per heavy atom. The Kier molecular flexibility index (Phi) is 7.65. The van der Waals surface area contributed by atoms with E-state index in [1.165, 1.54) is 0 Å². The molecule has 0 aromatic heterocycles. The first kappa shape index (κ1) is 16.4. The largest absolute Gasteiger partial charge is 0.493 e. The van der Waals surface area contributed by atoms with E-state index in [0.29, 0.717) is 23.8 Å². The SMILES string of the molecule is C=CCSCC(=O)NCCc1ccc(OC)c(OC)c1. The van der Waals surface area contributed by atoms with Gasteiger partial charge in [-0.25, -0.2) is 0 Å². The molecule has 0 aliphatic rings. The average molecular weight is 295 g/mol. The third kappa shape index (κ3) is 5.57. The zero-order valence-electron chi connectivity index (χ0n) is 12.0. The molecule has 0 saturated heterocycles. The van der Waals surface area contributed by atoms with Gasteiger partial charge in [-0.3, -0.25) is 4.79 Å². The fourth-order valence-electron chi connectivity index (χ4n) is 1.67. The van der Waals surface area contributed by atoms with E-state index >= 15 is 0 Å². The van der Waals surface area contributed by atoms with Gasteiger partial charge in [0.15, 0.2) is 11.5 Å². The van der Waals surface area contributed by atoms with Gasteiger partial charge in [0, 0.05) is 12.3 Å². The summed E-state index contributed by atoms with van der Waals surface area (Å²) in [7, 11) is 3.22. The highest BCUT2D eigenvalue weighted by molar-refractivity contribution is 8.00. The molecule has 0 aliphatic carbocycles. The molecule has 0 bridgehead atoms. The first-order valence-corrected chi connectivity index (χ1v) is 7.53. The topological polar surface area (TPSA) is 47.6 Å². The van der Waals surface area contributed by atoms with Crippen molar-refractivity contribution in [2.45, 2.75) is 6.42 Å². The lowest BCUT2D eigenvalue weighted by atomic mass is 10.1. The van der Waals surface area contributed by atoms with Crippen LogP contribution in [0.3, 0.4) is 0 Å². The maximum Gasteiger partial charge on any atom is 0.230 e. The highest BCUT2D eigenvalue weighted by Gasteiger charge is 2.05.